The van der Waals surface area contributed by atoms with Gasteiger partial charge in [0.1, 0.15) is 28.2 Å². The second kappa shape index (κ2) is 12.5. The van der Waals surface area contributed by atoms with Gasteiger partial charge in [0.25, 0.3) is 0 Å². The van der Waals surface area contributed by atoms with Gasteiger partial charge in [0, 0.05) is 42.1 Å². The number of hydrogen-bond donors (Lipinski definition) is 5. The number of benzene rings is 1. The number of nitrogen functional groups attached to an aromatic ring is 1. The molecule has 1 aromatic carbocycles. The van der Waals surface area contributed by atoms with E-state index in [0.717, 1.165) is 6.92 Å². The standard InChI is InChI=1S/C28H31F5IN7O4/c1-12-7-14(10-34)36-4-5-37-24-18-23(39-26(40-24)41-6-3-27(41,11-42)9-17(43)44)21(30)22(38-25(18)45-12)15-8-16(35)20(29)13(2)19(15)28(31,32)33/h8,12,14,36,42H,3-7,9-11,35H2,1-2H3,(H,43,44)(H,37,39,40)/t12-,14?,27?/m0/s1. The topological polar surface area (TPSA) is 159 Å². The predicted molar refractivity (Wildman–Crippen MR) is 165 cm³/mol. The molecular weight excluding hydrogens is 720 g/mol. The van der Waals surface area contributed by atoms with Crippen LogP contribution >= 0.6 is 22.6 Å². The van der Waals surface area contributed by atoms with Crippen molar-refractivity contribution < 1.29 is 41.7 Å². The first kappa shape index (κ1) is 33.1. The molecule has 1 saturated heterocycles. The predicted octanol–water partition coefficient (Wildman–Crippen LogP) is 4.27. The summed E-state index contributed by atoms with van der Waals surface area (Å²) >= 11 is 2.22. The number of alkyl halides is 4. The van der Waals surface area contributed by atoms with Crippen LogP contribution in [0, 0.1) is 18.6 Å². The minimum absolute atomic E-state index is 0.000627. The van der Waals surface area contributed by atoms with Crippen LogP contribution in [0.1, 0.15) is 37.3 Å². The van der Waals surface area contributed by atoms with Crippen LogP contribution in [0.15, 0.2) is 6.07 Å². The molecule has 0 amide bonds. The van der Waals surface area contributed by atoms with Crippen LogP contribution in [0.5, 0.6) is 5.88 Å². The van der Waals surface area contributed by atoms with Crippen LogP contribution in [-0.2, 0) is 11.0 Å². The third-order valence-corrected chi connectivity index (χ3v) is 9.22. The van der Waals surface area contributed by atoms with Crippen molar-refractivity contribution in [2.75, 3.05) is 46.6 Å². The van der Waals surface area contributed by atoms with Crippen molar-refractivity contribution in [1.82, 2.24) is 20.3 Å². The molecule has 45 heavy (non-hydrogen) atoms. The van der Waals surface area contributed by atoms with E-state index in [1.807, 2.05) is 0 Å². The number of nitrogens with one attached hydrogen (secondary N) is 2. The normalized spacial score (nSPS) is 22.3. The smallest absolute Gasteiger partial charge is 0.417 e. The zero-order valence-electron chi connectivity index (χ0n) is 24.2. The first-order valence-electron chi connectivity index (χ1n) is 14.1. The van der Waals surface area contributed by atoms with E-state index in [1.54, 1.807) is 6.92 Å². The lowest BCUT2D eigenvalue weighted by Gasteiger charge is -2.51. The number of ether oxygens (including phenoxy) is 1. The Morgan fingerprint density at radius 3 is 2.58 bits per heavy atom. The Balaban J connectivity index is 1.82. The number of carboxylic acids is 1. The summed E-state index contributed by atoms with van der Waals surface area (Å²) in [6, 6.07) is 0.680. The highest BCUT2D eigenvalue weighted by Crippen LogP contribution is 2.46. The molecule has 3 aromatic rings. The van der Waals surface area contributed by atoms with Gasteiger partial charge in [-0.1, -0.05) is 22.6 Å². The Morgan fingerprint density at radius 1 is 1.24 bits per heavy atom. The number of pyridine rings is 1. The summed E-state index contributed by atoms with van der Waals surface area (Å²) in [4.78, 5) is 26.2. The molecule has 0 aliphatic carbocycles. The fourth-order valence-electron chi connectivity index (χ4n) is 5.85. The Hall–Kier alpha value is -3.32. The number of carbonyl (C=O) groups is 1. The molecule has 0 radical (unpaired) electrons. The fraction of sp³-hybridized carbons (Fsp3) is 0.500. The van der Waals surface area contributed by atoms with Gasteiger partial charge in [0.2, 0.25) is 11.8 Å². The molecule has 4 heterocycles. The van der Waals surface area contributed by atoms with Gasteiger partial charge in [-0.15, -0.1) is 0 Å². The van der Waals surface area contributed by atoms with E-state index in [-0.39, 0.29) is 42.0 Å². The summed E-state index contributed by atoms with van der Waals surface area (Å²) in [6.07, 6.45) is -5.37. The Kier molecular flexibility index (Phi) is 9.16. The number of rotatable bonds is 6. The average Bonchev–Trinajstić information content (AvgIpc) is 2.98. The maximum atomic E-state index is 16.7. The molecule has 3 atom stereocenters. The largest absolute Gasteiger partial charge is 0.481 e. The lowest BCUT2D eigenvalue weighted by molar-refractivity contribution is -0.140. The molecule has 6 N–H and O–H groups in total. The van der Waals surface area contributed by atoms with Crippen LogP contribution < -0.4 is 26.0 Å². The molecule has 244 valence electrons. The van der Waals surface area contributed by atoms with Gasteiger partial charge in [-0.3, -0.25) is 4.79 Å². The number of aliphatic hydroxyl groups excluding tert-OH is 1. The van der Waals surface area contributed by atoms with Crippen molar-refractivity contribution in [3.63, 3.8) is 0 Å². The monoisotopic (exact) mass is 751 g/mol. The molecule has 2 aliphatic rings. The van der Waals surface area contributed by atoms with E-state index in [9.17, 15) is 32.6 Å². The quantitative estimate of drug-likeness (QED) is 0.106. The number of halogens is 6. The van der Waals surface area contributed by atoms with Gasteiger partial charge < -0.3 is 36.2 Å². The van der Waals surface area contributed by atoms with Crippen LogP contribution in [0.25, 0.3) is 22.2 Å². The number of carboxylic acid groups (broad SMARTS) is 1. The van der Waals surface area contributed by atoms with Gasteiger partial charge >= 0.3 is 12.1 Å². The van der Waals surface area contributed by atoms with Crippen molar-refractivity contribution in [2.24, 2.45) is 0 Å². The molecule has 0 spiro atoms. The number of anilines is 3. The van der Waals surface area contributed by atoms with Crippen molar-refractivity contribution in [3.8, 4) is 17.1 Å². The zero-order valence-corrected chi connectivity index (χ0v) is 26.4. The first-order valence-corrected chi connectivity index (χ1v) is 15.6. The number of aromatic nitrogens is 3. The Labute approximate surface area is 267 Å². The van der Waals surface area contributed by atoms with Crippen molar-refractivity contribution in [1.29, 1.82) is 0 Å². The SMILES string of the molecule is Cc1c(F)c(N)cc(-c2nc3c4c(nc(N5CCC5(CO)CC(=O)O)nc4c2F)NCCNC(CI)C[C@H](C)O3)c1C(F)(F)F. The summed E-state index contributed by atoms with van der Waals surface area (Å²) < 4.78 is 81.2. The number of aliphatic carboxylic acids is 1. The highest BCUT2D eigenvalue weighted by atomic mass is 127. The van der Waals surface area contributed by atoms with Crippen LogP contribution in [0.4, 0.5) is 39.4 Å². The maximum absolute atomic E-state index is 16.7. The molecule has 11 nitrogen and oxygen atoms in total. The van der Waals surface area contributed by atoms with E-state index in [4.69, 9.17) is 10.5 Å². The lowest BCUT2D eigenvalue weighted by atomic mass is 9.82. The van der Waals surface area contributed by atoms with Gasteiger partial charge in [-0.2, -0.15) is 18.2 Å². The van der Waals surface area contributed by atoms with E-state index in [0.29, 0.717) is 30.0 Å². The van der Waals surface area contributed by atoms with Crippen LogP contribution in [-0.4, -0.2) is 79.5 Å². The third-order valence-electron chi connectivity index (χ3n) is 8.16. The van der Waals surface area contributed by atoms with Crippen molar-refractivity contribution >= 4 is 56.9 Å². The number of nitrogens with two attached hydrogens (primary N) is 1. The molecule has 17 heteroatoms. The lowest BCUT2D eigenvalue weighted by Crippen LogP contribution is -2.64. The minimum atomic E-state index is -5.11. The van der Waals surface area contributed by atoms with Crippen molar-refractivity contribution in [3.05, 3.63) is 28.8 Å². The van der Waals surface area contributed by atoms with E-state index in [2.05, 4.69) is 48.2 Å². The van der Waals surface area contributed by atoms with Crippen LogP contribution in [0.3, 0.4) is 0 Å². The summed E-state index contributed by atoms with van der Waals surface area (Å²) in [6.45, 7) is 3.05. The summed E-state index contributed by atoms with van der Waals surface area (Å²) in [5.41, 5.74) is -0.561. The van der Waals surface area contributed by atoms with Crippen LogP contribution in [0.2, 0.25) is 0 Å². The summed E-state index contributed by atoms with van der Waals surface area (Å²) in [5, 5.41) is 26.1. The Bertz CT molecular complexity index is 1640. The van der Waals surface area contributed by atoms with E-state index >= 15 is 4.39 Å². The van der Waals surface area contributed by atoms with Gasteiger partial charge in [-0.25, -0.2) is 18.7 Å². The van der Waals surface area contributed by atoms with E-state index < -0.39 is 82.0 Å². The number of nitrogens with zero attached hydrogens (tertiary/aromatic N) is 4. The molecule has 2 aromatic heterocycles. The molecule has 1 fully saturated rings. The molecule has 2 aliphatic heterocycles. The van der Waals surface area contributed by atoms with E-state index in [1.165, 1.54) is 4.90 Å². The van der Waals surface area contributed by atoms with Gasteiger partial charge in [-0.05, 0) is 31.9 Å². The maximum Gasteiger partial charge on any atom is 0.417 e. The highest BCUT2D eigenvalue weighted by molar-refractivity contribution is 14.1. The summed E-state index contributed by atoms with van der Waals surface area (Å²) in [5.74, 6) is -4.12. The molecule has 0 bridgehead atoms. The Morgan fingerprint density at radius 2 is 1.98 bits per heavy atom. The fourth-order valence-corrected chi connectivity index (χ4v) is 6.52. The summed E-state index contributed by atoms with van der Waals surface area (Å²) in [7, 11) is 0. The first-order chi connectivity index (χ1) is 21.2. The average molecular weight is 751 g/mol. The molecular formula is C28H31F5IN7O4. The molecule has 0 saturated carbocycles. The third kappa shape index (κ3) is 6.13. The second-order valence-corrected chi connectivity index (χ2v) is 12.1. The second-order valence-electron chi connectivity index (χ2n) is 11.3. The van der Waals surface area contributed by atoms with Crippen molar-refractivity contribution in [2.45, 2.75) is 57.0 Å². The highest BCUT2D eigenvalue weighted by Gasteiger charge is 2.48. The number of aliphatic hydroxyl groups is 1. The molecule has 2 unspecified atom stereocenters. The zero-order chi connectivity index (χ0) is 32.8. The molecule has 5 rings (SSSR count). The number of hydrogen-bond acceptors (Lipinski definition) is 10. The van der Waals surface area contributed by atoms with Gasteiger partial charge in [0.15, 0.2) is 5.82 Å². The van der Waals surface area contributed by atoms with Gasteiger partial charge in [0.05, 0.1) is 35.9 Å². The minimum Gasteiger partial charge on any atom is -0.481 e.